The lowest BCUT2D eigenvalue weighted by Crippen LogP contribution is -2.25. The van der Waals surface area contributed by atoms with Gasteiger partial charge in [0.15, 0.2) is 0 Å². The van der Waals surface area contributed by atoms with Gasteiger partial charge < -0.3 is 5.11 Å². The average Bonchev–Trinajstić information content (AvgIpc) is 1.82. The van der Waals surface area contributed by atoms with Crippen LogP contribution in [-0.2, 0) is 0 Å². The van der Waals surface area contributed by atoms with E-state index in [4.69, 9.17) is 5.11 Å². The van der Waals surface area contributed by atoms with E-state index in [2.05, 4.69) is 6.92 Å². The standard InChI is InChI=1S/C8H16O/c1-2-7-3-4-8(7)5-6-9/h7-9H,2-6H2,1H3/t7-,8?/m1/s1. The zero-order valence-electron chi connectivity index (χ0n) is 6.14. The van der Waals surface area contributed by atoms with Crippen molar-refractivity contribution in [2.75, 3.05) is 6.61 Å². The van der Waals surface area contributed by atoms with E-state index in [1.165, 1.54) is 19.3 Å². The van der Waals surface area contributed by atoms with Crippen LogP contribution in [0.2, 0.25) is 0 Å². The lowest BCUT2D eigenvalue weighted by molar-refractivity contribution is 0.127. The molecule has 1 N–H and O–H groups in total. The summed E-state index contributed by atoms with van der Waals surface area (Å²) >= 11 is 0. The number of hydrogen-bond donors (Lipinski definition) is 1. The molecule has 0 aliphatic heterocycles. The fourth-order valence-corrected chi connectivity index (χ4v) is 1.72. The average molecular weight is 128 g/mol. The Morgan fingerprint density at radius 1 is 1.33 bits per heavy atom. The van der Waals surface area contributed by atoms with E-state index in [1.807, 2.05) is 0 Å². The van der Waals surface area contributed by atoms with Gasteiger partial charge in [-0.15, -0.1) is 0 Å². The minimum atomic E-state index is 0.390. The Labute approximate surface area is 57.1 Å². The molecule has 1 aliphatic rings. The Balaban J connectivity index is 2.11. The van der Waals surface area contributed by atoms with Gasteiger partial charge >= 0.3 is 0 Å². The molecule has 1 aliphatic carbocycles. The van der Waals surface area contributed by atoms with Gasteiger partial charge in [0.25, 0.3) is 0 Å². The predicted molar refractivity (Wildman–Crippen MR) is 38.2 cm³/mol. The van der Waals surface area contributed by atoms with Gasteiger partial charge in [0, 0.05) is 6.61 Å². The molecule has 0 spiro atoms. The minimum absolute atomic E-state index is 0.390. The van der Waals surface area contributed by atoms with Gasteiger partial charge in [-0.05, 0) is 31.1 Å². The first kappa shape index (κ1) is 7.07. The molecular weight excluding hydrogens is 112 g/mol. The van der Waals surface area contributed by atoms with E-state index < -0.39 is 0 Å². The van der Waals surface area contributed by atoms with Crippen LogP contribution in [0.5, 0.6) is 0 Å². The Morgan fingerprint density at radius 3 is 2.33 bits per heavy atom. The first-order valence-electron chi connectivity index (χ1n) is 3.99. The van der Waals surface area contributed by atoms with Gasteiger partial charge in [-0.1, -0.05) is 13.3 Å². The Morgan fingerprint density at radius 2 is 2.00 bits per heavy atom. The lowest BCUT2D eigenvalue weighted by atomic mass is 9.71. The van der Waals surface area contributed by atoms with Gasteiger partial charge in [0.1, 0.15) is 0 Å². The Hall–Kier alpha value is -0.0400. The molecule has 0 aromatic heterocycles. The van der Waals surface area contributed by atoms with E-state index in [-0.39, 0.29) is 0 Å². The van der Waals surface area contributed by atoms with Crippen molar-refractivity contribution < 1.29 is 5.11 Å². The van der Waals surface area contributed by atoms with Crippen molar-refractivity contribution >= 4 is 0 Å². The smallest absolute Gasteiger partial charge is 0.0433 e. The van der Waals surface area contributed by atoms with Crippen LogP contribution >= 0.6 is 0 Å². The molecule has 0 amide bonds. The minimum Gasteiger partial charge on any atom is -0.396 e. The van der Waals surface area contributed by atoms with Crippen LogP contribution in [-0.4, -0.2) is 11.7 Å². The molecule has 1 fully saturated rings. The summed E-state index contributed by atoms with van der Waals surface area (Å²) in [6.07, 6.45) is 5.11. The maximum Gasteiger partial charge on any atom is 0.0433 e. The van der Waals surface area contributed by atoms with Crippen LogP contribution in [0.4, 0.5) is 0 Å². The SMILES string of the molecule is CC[C@@H]1CCC1CCO. The van der Waals surface area contributed by atoms with E-state index in [9.17, 15) is 0 Å². The molecule has 9 heavy (non-hydrogen) atoms. The third-order valence-electron chi connectivity index (χ3n) is 2.60. The molecular formula is C8H16O. The highest BCUT2D eigenvalue weighted by atomic mass is 16.3. The summed E-state index contributed by atoms with van der Waals surface area (Å²) in [5.74, 6) is 1.80. The molecule has 1 rings (SSSR count). The number of rotatable bonds is 3. The molecule has 0 bridgehead atoms. The van der Waals surface area contributed by atoms with Gasteiger partial charge in [-0.3, -0.25) is 0 Å². The van der Waals surface area contributed by atoms with Crippen LogP contribution in [0.1, 0.15) is 32.6 Å². The summed E-state index contributed by atoms with van der Waals surface area (Å²) in [7, 11) is 0. The monoisotopic (exact) mass is 128 g/mol. The molecule has 0 aromatic carbocycles. The maximum absolute atomic E-state index is 8.61. The maximum atomic E-state index is 8.61. The van der Waals surface area contributed by atoms with Crippen molar-refractivity contribution in [3.8, 4) is 0 Å². The van der Waals surface area contributed by atoms with Crippen LogP contribution in [0.25, 0.3) is 0 Å². The van der Waals surface area contributed by atoms with Gasteiger partial charge in [0.2, 0.25) is 0 Å². The fourth-order valence-electron chi connectivity index (χ4n) is 1.72. The fraction of sp³-hybridized carbons (Fsp3) is 1.00. The molecule has 0 aromatic rings. The lowest BCUT2D eigenvalue weighted by Gasteiger charge is -2.35. The molecule has 2 atom stereocenters. The second kappa shape index (κ2) is 3.21. The number of hydrogen-bond acceptors (Lipinski definition) is 1. The molecule has 54 valence electrons. The normalized spacial score (nSPS) is 34.0. The van der Waals surface area contributed by atoms with E-state index in [1.54, 1.807) is 0 Å². The van der Waals surface area contributed by atoms with Gasteiger partial charge in [0.05, 0.1) is 0 Å². The summed E-state index contributed by atoms with van der Waals surface area (Å²) in [5.41, 5.74) is 0. The van der Waals surface area contributed by atoms with Crippen LogP contribution in [0.15, 0.2) is 0 Å². The molecule has 0 heterocycles. The third-order valence-corrected chi connectivity index (χ3v) is 2.60. The summed E-state index contributed by atoms with van der Waals surface area (Å²) < 4.78 is 0. The van der Waals surface area contributed by atoms with Crippen LogP contribution in [0, 0.1) is 11.8 Å². The highest BCUT2D eigenvalue weighted by Gasteiger charge is 2.27. The third kappa shape index (κ3) is 1.45. The molecule has 1 heteroatoms. The molecule has 1 saturated carbocycles. The zero-order valence-corrected chi connectivity index (χ0v) is 6.14. The Kier molecular flexibility index (Phi) is 2.52. The highest BCUT2D eigenvalue weighted by molar-refractivity contribution is 4.78. The second-order valence-corrected chi connectivity index (χ2v) is 3.02. The Bertz CT molecular complexity index is 78.6. The topological polar surface area (TPSA) is 20.2 Å². The summed E-state index contributed by atoms with van der Waals surface area (Å²) in [6, 6.07) is 0. The number of aliphatic hydroxyl groups is 1. The van der Waals surface area contributed by atoms with Crippen molar-refractivity contribution in [1.82, 2.24) is 0 Å². The van der Waals surface area contributed by atoms with Gasteiger partial charge in [-0.25, -0.2) is 0 Å². The molecule has 0 radical (unpaired) electrons. The first-order valence-corrected chi connectivity index (χ1v) is 3.99. The van der Waals surface area contributed by atoms with E-state index in [0.29, 0.717) is 6.61 Å². The van der Waals surface area contributed by atoms with E-state index in [0.717, 1.165) is 18.3 Å². The zero-order chi connectivity index (χ0) is 6.69. The number of aliphatic hydroxyl groups excluding tert-OH is 1. The van der Waals surface area contributed by atoms with E-state index >= 15 is 0 Å². The van der Waals surface area contributed by atoms with Crippen molar-refractivity contribution in [2.24, 2.45) is 11.8 Å². The van der Waals surface area contributed by atoms with Crippen molar-refractivity contribution in [1.29, 1.82) is 0 Å². The summed E-state index contributed by atoms with van der Waals surface area (Å²) in [5, 5.41) is 8.61. The molecule has 1 unspecified atom stereocenters. The molecule has 1 nitrogen and oxygen atoms in total. The van der Waals surface area contributed by atoms with Crippen molar-refractivity contribution in [3.05, 3.63) is 0 Å². The second-order valence-electron chi connectivity index (χ2n) is 3.02. The predicted octanol–water partition coefficient (Wildman–Crippen LogP) is 1.81. The van der Waals surface area contributed by atoms with Crippen molar-refractivity contribution in [3.63, 3.8) is 0 Å². The first-order chi connectivity index (χ1) is 4.38. The quantitative estimate of drug-likeness (QED) is 0.614. The van der Waals surface area contributed by atoms with Crippen molar-refractivity contribution in [2.45, 2.75) is 32.6 Å². The van der Waals surface area contributed by atoms with Crippen LogP contribution in [0.3, 0.4) is 0 Å². The largest absolute Gasteiger partial charge is 0.396 e. The summed E-state index contributed by atoms with van der Waals surface area (Å²) in [4.78, 5) is 0. The van der Waals surface area contributed by atoms with Crippen LogP contribution < -0.4 is 0 Å². The summed E-state index contributed by atoms with van der Waals surface area (Å²) in [6.45, 7) is 2.63. The highest BCUT2D eigenvalue weighted by Crippen LogP contribution is 2.38. The van der Waals surface area contributed by atoms with Gasteiger partial charge in [-0.2, -0.15) is 0 Å². The molecule has 0 saturated heterocycles.